The third kappa shape index (κ3) is 2.00. The molecule has 78 valence electrons. The fourth-order valence-electron chi connectivity index (χ4n) is 1.91. The van der Waals surface area contributed by atoms with Gasteiger partial charge in [0.1, 0.15) is 0 Å². The highest BCUT2D eigenvalue weighted by Gasteiger charge is 2.25. The Morgan fingerprint density at radius 1 is 1.40 bits per heavy atom. The van der Waals surface area contributed by atoms with Crippen LogP contribution < -0.4 is 0 Å². The van der Waals surface area contributed by atoms with Gasteiger partial charge in [-0.05, 0) is 43.0 Å². The molecular weight excluding hydrogens is 258 g/mol. The summed E-state index contributed by atoms with van der Waals surface area (Å²) < 4.78 is 0.964. The highest BCUT2D eigenvalue weighted by Crippen LogP contribution is 2.25. The number of benzene rings is 1. The molecule has 4 heteroatoms. The van der Waals surface area contributed by atoms with Crippen LogP contribution in [0.4, 0.5) is 0 Å². The third-order valence-electron chi connectivity index (χ3n) is 2.69. The fraction of sp³-hybridized carbons (Fsp3) is 0.364. The number of nitrogens with zero attached hydrogens (tertiary/aromatic N) is 1. The van der Waals surface area contributed by atoms with Crippen LogP contribution in [0.1, 0.15) is 28.8 Å². The van der Waals surface area contributed by atoms with Crippen molar-refractivity contribution in [1.82, 2.24) is 0 Å². The van der Waals surface area contributed by atoms with E-state index in [0.717, 1.165) is 22.9 Å². The SMILES string of the molecule is O=NC1CCCc2cc(Br)ccc2C1=O. The Morgan fingerprint density at radius 2 is 2.20 bits per heavy atom. The maximum Gasteiger partial charge on any atom is 0.191 e. The predicted molar refractivity (Wildman–Crippen MR) is 61.0 cm³/mol. The standard InChI is InChI=1S/C11H10BrNO2/c12-8-4-5-9-7(6-8)2-1-3-10(13-15)11(9)14/h4-6,10H,1-3H2. The van der Waals surface area contributed by atoms with Crippen molar-refractivity contribution in [3.63, 3.8) is 0 Å². The van der Waals surface area contributed by atoms with Crippen LogP contribution in [0.2, 0.25) is 0 Å². The van der Waals surface area contributed by atoms with Crippen molar-refractivity contribution in [1.29, 1.82) is 0 Å². The molecule has 0 aliphatic heterocycles. The van der Waals surface area contributed by atoms with E-state index in [0.29, 0.717) is 12.0 Å². The first-order valence-electron chi connectivity index (χ1n) is 4.87. The minimum absolute atomic E-state index is 0.134. The van der Waals surface area contributed by atoms with E-state index in [1.807, 2.05) is 12.1 Å². The number of aryl methyl sites for hydroxylation is 1. The quantitative estimate of drug-likeness (QED) is 0.580. The minimum Gasteiger partial charge on any atom is -0.292 e. The molecule has 0 heterocycles. The van der Waals surface area contributed by atoms with Gasteiger partial charge in [-0.1, -0.05) is 21.1 Å². The van der Waals surface area contributed by atoms with Gasteiger partial charge in [0.2, 0.25) is 0 Å². The van der Waals surface area contributed by atoms with Gasteiger partial charge in [0.25, 0.3) is 0 Å². The van der Waals surface area contributed by atoms with Crippen LogP contribution in [0.3, 0.4) is 0 Å². The summed E-state index contributed by atoms with van der Waals surface area (Å²) in [4.78, 5) is 22.4. The Hall–Kier alpha value is -1.03. The number of ketones is 1. The van der Waals surface area contributed by atoms with Crippen LogP contribution in [0.5, 0.6) is 0 Å². The van der Waals surface area contributed by atoms with Crippen molar-refractivity contribution in [2.45, 2.75) is 25.3 Å². The zero-order valence-corrected chi connectivity index (χ0v) is 9.66. The van der Waals surface area contributed by atoms with Gasteiger partial charge in [-0.15, -0.1) is 0 Å². The van der Waals surface area contributed by atoms with Crippen LogP contribution >= 0.6 is 15.9 Å². The molecule has 0 radical (unpaired) electrons. The van der Waals surface area contributed by atoms with Crippen LogP contribution in [-0.4, -0.2) is 11.8 Å². The number of carbonyl (C=O) groups is 1. The van der Waals surface area contributed by atoms with Crippen LogP contribution in [0, 0.1) is 4.91 Å². The van der Waals surface area contributed by atoms with Gasteiger partial charge < -0.3 is 0 Å². The number of halogens is 1. The summed E-state index contributed by atoms with van der Waals surface area (Å²) in [6, 6.07) is 4.85. The number of rotatable bonds is 1. The first-order chi connectivity index (χ1) is 7.22. The zero-order valence-electron chi connectivity index (χ0n) is 8.07. The lowest BCUT2D eigenvalue weighted by Crippen LogP contribution is -2.16. The summed E-state index contributed by atoms with van der Waals surface area (Å²) in [7, 11) is 0. The largest absolute Gasteiger partial charge is 0.292 e. The second-order valence-electron chi connectivity index (χ2n) is 3.68. The van der Waals surface area contributed by atoms with Gasteiger partial charge in [-0.25, -0.2) is 0 Å². The molecular formula is C11H10BrNO2. The summed E-state index contributed by atoms with van der Waals surface area (Å²) in [6.07, 6.45) is 2.24. The number of fused-ring (bicyclic) bond motifs is 1. The highest BCUT2D eigenvalue weighted by atomic mass is 79.9. The number of nitroso groups, excluding NO2 is 1. The summed E-state index contributed by atoms with van der Waals surface area (Å²) in [6.45, 7) is 0. The number of carbonyl (C=O) groups excluding carboxylic acids is 1. The zero-order chi connectivity index (χ0) is 10.8. The number of hydrogen-bond donors (Lipinski definition) is 0. The van der Waals surface area contributed by atoms with E-state index in [9.17, 15) is 9.70 Å². The van der Waals surface area contributed by atoms with Crippen LogP contribution in [0.15, 0.2) is 27.8 Å². The smallest absolute Gasteiger partial charge is 0.191 e. The third-order valence-corrected chi connectivity index (χ3v) is 3.18. The molecule has 0 amide bonds. The lowest BCUT2D eigenvalue weighted by molar-refractivity contribution is 0.0960. The van der Waals surface area contributed by atoms with E-state index in [4.69, 9.17) is 0 Å². The molecule has 0 N–H and O–H groups in total. The second kappa shape index (κ2) is 4.23. The maximum absolute atomic E-state index is 11.9. The summed E-state index contributed by atoms with van der Waals surface area (Å²) >= 11 is 3.37. The molecule has 1 unspecified atom stereocenters. The van der Waals surface area contributed by atoms with E-state index >= 15 is 0 Å². The lowest BCUT2D eigenvalue weighted by atomic mass is 10.0. The molecule has 0 fully saturated rings. The van der Waals surface area contributed by atoms with E-state index in [-0.39, 0.29) is 5.78 Å². The number of Topliss-reactive ketones (excluding diaryl/α,β-unsaturated/α-hetero) is 1. The van der Waals surface area contributed by atoms with Gasteiger partial charge in [0.15, 0.2) is 11.8 Å². The molecule has 2 rings (SSSR count). The minimum atomic E-state index is -0.688. The predicted octanol–water partition coefficient (Wildman–Crippen LogP) is 3.10. The Balaban J connectivity index is 2.47. The Bertz CT molecular complexity index is 417. The fourth-order valence-corrected chi connectivity index (χ4v) is 2.32. The molecule has 1 aliphatic carbocycles. The van der Waals surface area contributed by atoms with Crippen molar-refractivity contribution < 1.29 is 4.79 Å². The lowest BCUT2D eigenvalue weighted by Gasteiger charge is -2.05. The van der Waals surface area contributed by atoms with Gasteiger partial charge in [-0.2, -0.15) is 4.91 Å². The molecule has 1 aliphatic rings. The molecule has 0 saturated heterocycles. The second-order valence-corrected chi connectivity index (χ2v) is 4.59. The van der Waals surface area contributed by atoms with Gasteiger partial charge in [0.05, 0.1) is 0 Å². The van der Waals surface area contributed by atoms with E-state index in [1.54, 1.807) is 6.07 Å². The normalized spacial score (nSPS) is 20.6. The molecule has 1 aromatic carbocycles. The first kappa shape index (κ1) is 10.5. The average molecular weight is 268 g/mol. The Labute approximate surface area is 96.0 Å². The van der Waals surface area contributed by atoms with Gasteiger partial charge in [-0.3, -0.25) is 4.79 Å². The summed E-state index contributed by atoms with van der Waals surface area (Å²) in [5.41, 5.74) is 1.67. The molecule has 0 saturated carbocycles. The molecule has 0 aromatic heterocycles. The molecule has 15 heavy (non-hydrogen) atoms. The molecule has 0 spiro atoms. The summed E-state index contributed by atoms with van der Waals surface area (Å²) in [5, 5.41) is 2.90. The van der Waals surface area contributed by atoms with Gasteiger partial charge in [0, 0.05) is 10.0 Å². The monoisotopic (exact) mass is 267 g/mol. The Morgan fingerprint density at radius 3 is 2.93 bits per heavy atom. The van der Waals surface area contributed by atoms with E-state index < -0.39 is 6.04 Å². The molecule has 1 aromatic rings. The highest BCUT2D eigenvalue weighted by molar-refractivity contribution is 9.10. The van der Waals surface area contributed by atoms with Crippen LogP contribution in [-0.2, 0) is 6.42 Å². The van der Waals surface area contributed by atoms with Crippen molar-refractivity contribution in [3.05, 3.63) is 38.7 Å². The number of hydrogen-bond acceptors (Lipinski definition) is 3. The van der Waals surface area contributed by atoms with Crippen LogP contribution in [0.25, 0.3) is 0 Å². The average Bonchev–Trinajstić information content (AvgIpc) is 2.37. The molecule has 0 bridgehead atoms. The van der Waals surface area contributed by atoms with Crippen molar-refractivity contribution in [2.75, 3.05) is 0 Å². The maximum atomic E-state index is 11.9. The first-order valence-corrected chi connectivity index (χ1v) is 5.67. The summed E-state index contributed by atoms with van der Waals surface area (Å²) in [5.74, 6) is -0.134. The van der Waals surface area contributed by atoms with E-state index in [2.05, 4.69) is 21.1 Å². The van der Waals surface area contributed by atoms with E-state index in [1.165, 1.54) is 0 Å². The van der Waals surface area contributed by atoms with Crippen molar-refractivity contribution in [2.24, 2.45) is 5.18 Å². The molecule has 3 nitrogen and oxygen atoms in total. The van der Waals surface area contributed by atoms with Crippen molar-refractivity contribution >= 4 is 21.7 Å². The molecule has 1 atom stereocenters. The Kier molecular flexibility index (Phi) is 2.95. The van der Waals surface area contributed by atoms with Gasteiger partial charge >= 0.3 is 0 Å². The topological polar surface area (TPSA) is 46.5 Å². The van der Waals surface area contributed by atoms with Crippen molar-refractivity contribution in [3.8, 4) is 0 Å².